The van der Waals surface area contributed by atoms with Crippen LogP contribution in [0, 0.1) is 5.92 Å². The standard InChI is InChI=1S/C13H19N3O4/c1-9(2)4-16-5-10(20-7-12(16)17)3-14-13(18)11-6-19-8-15-11/h6,8-10H,3-5,7H2,1-2H3,(H,14,18). The van der Waals surface area contributed by atoms with E-state index in [1.807, 2.05) is 0 Å². The zero-order valence-corrected chi connectivity index (χ0v) is 11.7. The maximum absolute atomic E-state index is 11.7. The highest BCUT2D eigenvalue weighted by molar-refractivity contribution is 5.91. The summed E-state index contributed by atoms with van der Waals surface area (Å²) in [4.78, 5) is 28.9. The Kier molecular flexibility index (Phi) is 4.73. The average molecular weight is 281 g/mol. The van der Waals surface area contributed by atoms with Crippen LogP contribution in [0.25, 0.3) is 0 Å². The van der Waals surface area contributed by atoms with Gasteiger partial charge in [-0.3, -0.25) is 9.59 Å². The van der Waals surface area contributed by atoms with Gasteiger partial charge in [0.15, 0.2) is 12.1 Å². The highest BCUT2D eigenvalue weighted by Crippen LogP contribution is 2.09. The number of hydrogen-bond donors (Lipinski definition) is 1. The first-order valence-electron chi connectivity index (χ1n) is 6.62. The topological polar surface area (TPSA) is 84.7 Å². The summed E-state index contributed by atoms with van der Waals surface area (Å²) in [6.45, 7) is 5.73. The van der Waals surface area contributed by atoms with Crippen molar-refractivity contribution in [1.82, 2.24) is 15.2 Å². The first-order valence-corrected chi connectivity index (χ1v) is 6.62. The highest BCUT2D eigenvalue weighted by atomic mass is 16.5. The molecule has 110 valence electrons. The molecule has 0 radical (unpaired) electrons. The van der Waals surface area contributed by atoms with E-state index in [4.69, 9.17) is 9.15 Å². The smallest absolute Gasteiger partial charge is 0.273 e. The molecule has 0 spiro atoms. The fraction of sp³-hybridized carbons (Fsp3) is 0.615. The van der Waals surface area contributed by atoms with Gasteiger partial charge in [-0.2, -0.15) is 0 Å². The highest BCUT2D eigenvalue weighted by Gasteiger charge is 2.27. The van der Waals surface area contributed by atoms with Crippen LogP contribution in [-0.4, -0.2) is 54.0 Å². The van der Waals surface area contributed by atoms with Crippen molar-refractivity contribution in [2.45, 2.75) is 20.0 Å². The van der Waals surface area contributed by atoms with E-state index in [9.17, 15) is 9.59 Å². The molecule has 0 aromatic carbocycles. The second-order valence-electron chi connectivity index (χ2n) is 5.21. The van der Waals surface area contributed by atoms with Gasteiger partial charge in [-0.15, -0.1) is 0 Å². The lowest BCUT2D eigenvalue weighted by Crippen LogP contribution is -2.51. The molecule has 1 atom stereocenters. The Morgan fingerprint density at radius 3 is 3.05 bits per heavy atom. The number of nitrogens with one attached hydrogen (secondary N) is 1. The van der Waals surface area contributed by atoms with Crippen molar-refractivity contribution in [3.05, 3.63) is 18.4 Å². The summed E-state index contributed by atoms with van der Waals surface area (Å²) in [5.74, 6) is 0.0925. The zero-order valence-electron chi connectivity index (χ0n) is 11.7. The van der Waals surface area contributed by atoms with E-state index in [1.165, 1.54) is 12.7 Å². The lowest BCUT2D eigenvalue weighted by atomic mass is 10.1. The predicted molar refractivity (Wildman–Crippen MR) is 70.0 cm³/mol. The largest absolute Gasteiger partial charge is 0.451 e. The van der Waals surface area contributed by atoms with E-state index in [0.29, 0.717) is 25.6 Å². The molecule has 0 aliphatic carbocycles. The molecular formula is C13H19N3O4. The third-order valence-corrected chi connectivity index (χ3v) is 2.96. The van der Waals surface area contributed by atoms with Crippen LogP contribution in [0.15, 0.2) is 17.1 Å². The number of carbonyl (C=O) groups excluding carboxylic acids is 2. The number of hydrogen-bond acceptors (Lipinski definition) is 5. The molecule has 1 N–H and O–H groups in total. The molecule has 2 heterocycles. The van der Waals surface area contributed by atoms with Crippen LogP contribution in [0.1, 0.15) is 24.3 Å². The van der Waals surface area contributed by atoms with Gasteiger partial charge in [0, 0.05) is 19.6 Å². The number of rotatable bonds is 5. The monoisotopic (exact) mass is 281 g/mol. The minimum absolute atomic E-state index is 0.00206. The van der Waals surface area contributed by atoms with E-state index >= 15 is 0 Å². The van der Waals surface area contributed by atoms with Crippen LogP contribution in [0.5, 0.6) is 0 Å². The van der Waals surface area contributed by atoms with Gasteiger partial charge in [-0.25, -0.2) is 4.98 Å². The molecule has 2 rings (SSSR count). The third kappa shape index (κ3) is 3.80. The van der Waals surface area contributed by atoms with Crippen LogP contribution >= 0.6 is 0 Å². The van der Waals surface area contributed by atoms with Crippen molar-refractivity contribution in [1.29, 1.82) is 0 Å². The van der Waals surface area contributed by atoms with Crippen molar-refractivity contribution >= 4 is 11.8 Å². The lowest BCUT2D eigenvalue weighted by molar-refractivity contribution is -0.149. The molecule has 7 heteroatoms. The van der Waals surface area contributed by atoms with Gasteiger partial charge >= 0.3 is 0 Å². The average Bonchev–Trinajstić information content (AvgIpc) is 2.92. The van der Waals surface area contributed by atoms with Gasteiger partial charge in [-0.05, 0) is 5.92 Å². The van der Waals surface area contributed by atoms with Gasteiger partial charge in [-0.1, -0.05) is 13.8 Å². The molecule has 1 aromatic rings. The molecule has 1 unspecified atom stereocenters. The molecule has 1 aliphatic heterocycles. The maximum Gasteiger partial charge on any atom is 0.273 e. The van der Waals surface area contributed by atoms with Crippen LogP contribution in [0.2, 0.25) is 0 Å². The molecule has 1 aromatic heterocycles. The molecular weight excluding hydrogens is 262 g/mol. The SMILES string of the molecule is CC(C)CN1CC(CNC(=O)c2cocn2)OCC1=O. The summed E-state index contributed by atoms with van der Waals surface area (Å²) in [6, 6.07) is 0. The fourth-order valence-corrected chi connectivity index (χ4v) is 2.04. The van der Waals surface area contributed by atoms with Crippen molar-refractivity contribution in [2.75, 3.05) is 26.2 Å². The summed E-state index contributed by atoms with van der Waals surface area (Å²) in [6.07, 6.45) is 2.29. The number of ether oxygens (including phenoxy) is 1. The number of amides is 2. The van der Waals surface area contributed by atoms with Crippen molar-refractivity contribution in [3.63, 3.8) is 0 Å². The maximum atomic E-state index is 11.7. The molecule has 20 heavy (non-hydrogen) atoms. The third-order valence-electron chi connectivity index (χ3n) is 2.96. The molecule has 1 saturated heterocycles. The number of oxazole rings is 1. The van der Waals surface area contributed by atoms with E-state index < -0.39 is 0 Å². The lowest BCUT2D eigenvalue weighted by Gasteiger charge is -2.33. The number of carbonyl (C=O) groups is 2. The van der Waals surface area contributed by atoms with E-state index in [1.54, 1.807) is 4.90 Å². The Bertz CT molecular complexity index is 458. The van der Waals surface area contributed by atoms with Crippen molar-refractivity contribution in [3.8, 4) is 0 Å². The van der Waals surface area contributed by atoms with Crippen LogP contribution < -0.4 is 5.32 Å². The van der Waals surface area contributed by atoms with Crippen molar-refractivity contribution < 1.29 is 18.7 Å². The summed E-state index contributed by atoms with van der Waals surface area (Å²) in [7, 11) is 0. The Morgan fingerprint density at radius 1 is 1.60 bits per heavy atom. The van der Waals surface area contributed by atoms with Crippen molar-refractivity contribution in [2.24, 2.45) is 5.92 Å². The van der Waals surface area contributed by atoms with Crippen LogP contribution in [0.4, 0.5) is 0 Å². The second kappa shape index (κ2) is 6.51. The summed E-state index contributed by atoms with van der Waals surface area (Å²) >= 11 is 0. The number of aromatic nitrogens is 1. The van der Waals surface area contributed by atoms with E-state index in [2.05, 4.69) is 24.1 Å². The van der Waals surface area contributed by atoms with Gasteiger partial charge in [0.2, 0.25) is 5.91 Å². The first kappa shape index (κ1) is 14.5. The van der Waals surface area contributed by atoms with Crippen LogP contribution in [-0.2, 0) is 9.53 Å². The molecule has 7 nitrogen and oxygen atoms in total. The Labute approximate surface area is 117 Å². The second-order valence-corrected chi connectivity index (χ2v) is 5.21. The molecule has 0 saturated carbocycles. The number of nitrogens with zero attached hydrogens (tertiary/aromatic N) is 2. The minimum Gasteiger partial charge on any atom is -0.451 e. The Balaban J connectivity index is 1.81. The molecule has 1 fully saturated rings. The predicted octanol–water partition coefficient (Wildman–Crippen LogP) is 0.288. The normalized spacial score (nSPS) is 19.4. The summed E-state index contributed by atoms with van der Waals surface area (Å²) in [5, 5.41) is 2.72. The van der Waals surface area contributed by atoms with Gasteiger partial charge in [0.05, 0.1) is 6.10 Å². The Hall–Kier alpha value is -1.89. The van der Waals surface area contributed by atoms with E-state index in [0.717, 1.165) is 0 Å². The van der Waals surface area contributed by atoms with Gasteiger partial charge < -0.3 is 19.4 Å². The first-order chi connectivity index (χ1) is 9.56. The molecule has 1 aliphatic rings. The van der Waals surface area contributed by atoms with E-state index in [-0.39, 0.29) is 30.2 Å². The van der Waals surface area contributed by atoms with Crippen LogP contribution in [0.3, 0.4) is 0 Å². The summed E-state index contributed by atoms with van der Waals surface area (Å²) in [5.41, 5.74) is 0.232. The summed E-state index contributed by atoms with van der Waals surface area (Å²) < 4.78 is 10.2. The number of morpholine rings is 1. The molecule has 0 bridgehead atoms. The fourth-order valence-electron chi connectivity index (χ4n) is 2.04. The van der Waals surface area contributed by atoms with Gasteiger partial charge in [0.25, 0.3) is 5.91 Å². The molecule has 2 amide bonds. The zero-order chi connectivity index (χ0) is 14.5. The van der Waals surface area contributed by atoms with Gasteiger partial charge in [0.1, 0.15) is 12.9 Å². The quantitative estimate of drug-likeness (QED) is 0.838. The Morgan fingerprint density at radius 2 is 2.40 bits per heavy atom. The minimum atomic E-state index is -0.311.